The molecule has 0 aliphatic heterocycles. The van der Waals surface area contributed by atoms with Crippen molar-refractivity contribution in [1.82, 2.24) is 5.32 Å². The number of aliphatic hydroxyl groups excluding tert-OH is 1. The zero-order valence-corrected chi connectivity index (χ0v) is 9.06. The second kappa shape index (κ2) is 8.03. The standard InChI is InChI=1S/C9H19N3O4/c10-4-2-1-3-7(9(15)16)12-8(14)6(11)5-13/h6-7,13H,1-5,10-11H2,(H,12,14)(H,15,16)/t6-,7-/m0/s1. The molecule has 94 valence electrons. The number of hydrogen-bond donors (Lipinski definition) is 5. The largest absolute Gasteiger partial charge is 0.480 e. The lowest BCUT2D eigenvalue weighted by molar-refractivity contribution is -0.142. The first-order valence-corrected chi connectivity index (χ1v) is 5.12. The number of hydrogen-bond acceptors (Lipinski definition) is 5. The number of amides is 1. The van der Waals surface area contributed by atoms with Crippen LogP contribution in [-0.4, -0.2) is 47.3 Å². The van der Waals surface area contributed by atoms with E-state index in [4.69, 9.17) is 21.7 Å². The summed E-state index contributed by atoms with van der Waals surface area (Å²) >= 11 is 0. The van der Waals surface area contributed by atoms with Gasteiger partial charge in [-0.3, -0.25) is 4.79 Å². The number of carbonyl (C=O) groups excluding carboxylic acids is 1. The van der Waals surface area contributed by atoms with Crippen molar-refractivity contribution in [3.63, 3.8) is 0 Å². The number of carboxylic acids is 1. The second-order valence-electron chi connectivity index (χ2n) is 3.47. The molecule has 0 saturated carbocycles. The molecule has 0 aliphatic carbocycles. The Morgan fingerprint density at radius 1 is 1.31 bits per heavy atom. The highest BCUT2D eigenvalue weighted by Crippen LogP contribution is 2.01. The van der Waals surface area contributed by atoms with Gasteiger partial charge < -0.3 is 27.0 Å². The van der Waals surface area contributed by atoms with Gasteiger partial charge in [-0.25, -0.2) is 4.79 Å². The molecule has 0 aromatic rings. The molecule has 7 N–H and O–H groups in total. The molecule has 0 unspecified atom stereocenters. The summed E-state index contributed by atoms with van der Waals surface area (Å²) in [6, 6.07) is -2.06. The minimum absolute atomic E-state index is 0.302. The Labute approximate surface area is 93.8 Å². The predicted octanol–water partition coefficient (Wildman–Crippen LogP) is -2.00. The Balaban J connectivity index is 4.12. The van der Waals surface area contributed by atoms with Crippen LogP contribution in [0.25, 0.3) is 0 Å². The third-order valence-corrected chi connectivity index (χ3v) is 2.09. The van der Waals surface area contributed by atoms with E-state index < -0.39 is 30.6 Å². The molecule has 0 heterocycles. The SMILES string of the molecule is NCCCC[C@H](NC(=O)[C@@H](N)CO)C(=O)O. The molecule has 0 aliphatic rings. The van der Waals surface area contributed by atoms with Crippen molar-refractivity contribution in [3.05, 3.63) is 0 Å². The molecule has 0 radical (unpaired) electrons. The van der Waals surface area contributed by atoms with Gasteiger partial charge in [0.1, 0.15) is 12.1 Å². The van der Waals surface area contributed by atoms with Crippen molar-refractivity contribution < 1.29 is 19.8 Å². The number of rotatable bonds is 8. The van der Waals surface area contributed by atoms with Gasteiger partial charge in [0.2, 0.25) is 5.91 Å². The minimum Gasteiger partial charge on any atom is -0.480 e. The molecule has 16 heavy (non-hydrogen) atoms. The van der Waals surface area contributed by atoms with Crippen LogP contribution in [0, 0.1) is 0 Å². The molecule has 0 fully saturated rings. The molecule has 0 aromatic heterocycles. The summed E-state index contributed by atoms with van der Waals surface area (Å²) in [6.45, 7) is -0.0303. The van der Waals surface area contributed by atoms with E-state index in [1.807, 2.05) is 0 Å². The normalized spacial score (nSPS) is 14.2. The Morgan fingerprint density at radius 2 is 1.94 bits per heavy atom. The van der Waals surface area contributed by atoms with Crippen molar-refractivity contribution in [2.24, 2.45) is 11.5 Å². The molecular formula is C9H19N3O4. The molecule has 0 rings (SSSR count). The van der Waals surface area contributed by atoms with E-state index in [9.17, 15) is 9.59 Å². The van der Waals surface area contributed by atoms with E-state index in [1.54, 1.807) is 0 Å². The number of aliphatic carboxylic acids is 1. The quantitative estimate of drug-likeness (QED) is 0.307. The lowest BCUT2D eigenvalue weighted by Crippen LogP contribution is -2.49. The topological polar surface area (TPSA) is 139 Å². The van der Waals surface area contributed by atoms with Gasteiger partial charge in [-0.2, -0.15) is 0 Å². The van der Waals surface area contributed by atoms with E-state index in [-0.39, 0.29) is 0 Å². The fourth-order valence-corrected chi connectivity index (χ4v) is 1.11. The number of nitrogens with one attached hydrogen (secondary N) is 1. The molecule has 7 nitrogen and oxygen atoms in total. The van der Waals surface area contributed by atoms with E-state index in [1.165, 1.54) is 0 Å². The third-order valence-electron chi connectivity index (χ3n) is 2.09. The van der Waals surface area contributed by atoms with Crippen molar-refractivity contribution >= 4 is 11.9 Å². The highest BCUT2D eigenvalue weighted by molar-refractivity contribution is 5.86. The Hall–Kier alpha value is -1.18. The fraction of sp³-hybridized carbons (Fsp3) is 0.778. The van der Waals surface area contributed by atoms with Gasteiger partial charge in [0.25, 0.3) is 0 Å². The summed E-state index contributed by atoms with van der Waals surface area (Å²) in [4.78, 5) is 22.0. The highest BCUT2D eigenvalue weighted by atomic mass is 16.4. The van der Waals surface area contributed by atoms with Crippen LogP contribution in [-0.2, 0) is 9.59 Å². The van der Waals surface area contributed by atoms with Crippen LogP contribution in [0.5, 0.6) is 0 Å². The summed E-state index contributed by atoms with van der Waals surface area (Å²) in [6.07, 6.45) is 1.62. The zero-order valence-electron chi connectivity index (χ0n) is 9.06. The Bertz CT molecular complexity index is 235. The summed E-state index contributed by atoms with van der Waals surface area (Å²) in [7, 11) is 0. The average Bonchev–Trinajstić information content (AvgIpc) is 2.26. The summed E-state index contributed by atoms with van der Waals surface area (Å²) < 4.78 is 0. The molecule has 7 heteroatoms. The lowest BCUT2D eigenvalue weighted by atomic mass is 10.1. The van der Waals surface area contributed by atoms with Crippen LogP contribution in [0.2, 0.25) is 0 Å². The van der Waals surface area contributed by atoms with Gasteiger partial charge in [0.05, 0.1) is 6.61 Å². The first-order chi connectivity index (χ1) is 7.52. The number of carbonyl (C=O) groups is 2. The van der Waals surface area contributed by atoms with E-state index in [0.717, 1.165) is 0 Å². The van der Waals surface area contributed by atoms with Crippen molar-refractivity contribution in [2.45, 2.75) is 31.3 Å². The summed E-state index contributed by atoms with van der Waals surface area (Å²) in [5, 5.41) is 19.7. The van der Waals surface area contributed by atoms with Crippen LogP contribution in [0.1, 0.15) is 19.3 Å². The van der Waals surface area contributed by atoms with Crippen LogP contribution < -0.4 is 16.8 Å². The number of aliphatic hydroxyl groups is 1. The summed E-state index contributed by atoms with van der Waals surface area (Å²) in [5.74, 6) is -1.78. The van der Waals surface area contributed by atoms with Crippen LogP contribution in [0.15, 0.2) is 0 Å². The van der Waals surface area contributed by atoms with Gasteiger partial charge >= 0.3 is 5.97 Å². The van der Waals surface area contributed by atoms with Crippen molar-refractivity contribution in [1.29, 1.82) is 0 Å². The maximum absolute atomic E-state index is 11.2. The summed E-state index contributed by atoms with van der Waals surface area (Å²) in [5.41, 5.74) is 10.5. The van der Waals surface area contributed by atoms with E-state index >= 15 is 0 Å². The molecule has 0 saturated heterocycles. The Morgan fingerprint density at radius 3 is 2.38 bits per heavy atom. The molecule has 1 amide bonds. The number of nitrogens with two attached hydrogens (primary N) is 2. The van der Waals surface area contributed by atoms with E-state index in [0.29, 0.717) is 25.8 Å². The Kier molecular flexibility index (Phi) is 7.44. The van der Waals surface area contributed by atoms with Crippen LogP contribution in [0.4, 0.5) is 0 Å². The maximum atomic E-state index is 11.2. The minimum atomic E-state index is -1.12. The zero-order chi connectivity index (χ0) is 12.6. The first-order valence-electron chi connectivity index (χ1n) is 5.12. The van der Waals surface area contributed by atoms with Gasteiger partial charge in [0.15, 0.2) is 0 Å². The molecule has 0 bridgehead atoms. The van der Waals surface area contributed by atoms with Gasteiger partial charge in [0, 0.05) is 0 Å². The monoisotopic (exact) mass is 233 g/mol. The molecular weight excluding hydrogens is 214 g/mol. The highest BCUT2D eigenvalue weighted by Gasteiger charge is 2.22. The predicted molar refractivity (Wildman–Crippen MR) is 57.5 cm³/mol. The van der Waals surface area contributed by atoms with Gasteiger partial charge in [-0.05, 0) is 25.8 Å². The molecule has 0 spiro atoms. The maximum Gasteiger partial charge on any atom is 0.326 e. The average molecular weight is 233 g/mol. The van der Waals surface area contributed by atoms with Crippen LogP contribution in [0.3, 0.4) is 0 Å². The van der Waals surface area contributed by atoms with Crippen molar-refractivity contribution in [2.75, 3.05) is 13.2 Å². The molecule has 0 aromatic carbocycles. The number of carboxylic acid groups (broad SMARTS) is 1. The van der Waals surface area contributed by atoms with E-state index in [2.05, 4.69) is 5.32 Å². The van der Waals surface area contributed by atoms with Gasteiger partial charge in [-0.15, -0.1) is 0 Å². The lowest BCUT2D eigenvalue weighted by Gasteiger charge is -2.16. The number of unbranched alkanes of at least 4 members (excludes halogenated alkanes) is 1. The van der Waals surface area contributed by atoms with Gasteiger partial charge in [-0.1, -0.05) is 0 Å². The van der Waals surface area contributed by atoms with Crippen LogP contribution >= 0.6 is 0 Å². The fourth-order valence-electron chi connectivity index (χ4n) is 1.11. The smallest absolute Gasteiger partial charge is 0.326 e. The molecule has 2 atom stereocenters. The van der Waals surface area contributed by atoms with Crippen molar-refractivity contribution in [3.8, 4) is 0 Å². The first kappa shape index (κ1) is 14.8. The second-order valence-corrected chi connectivity index (χ2v) is 3.47. The third kappa shape index (κ3) is 5.64.